The van der Waals surface area contributed by atoms with Gasteiger partial charge in [0.1, 0.15) is 5.75 Å². The topological polar surface area (TPSA) is 119 Å². The van der Waals surface area contributed by atoms with E-state index in [1.165, 1.54) is 49.1 Å². The molecule has 34 heavy (non-hydrogen) atoms. The van der Waals surface area contributed by atoms with E-state index in [2.05, 4.69) is 10.8 Å². The molecular formula is C24H23N3O6S. The largest absolute Gasteiger partial charge is 0.495 e. The van der Waals surface area contributed by atoms with Crippen LogP contribution in [0.1, 0.15) is 33.9 Å². The van der Waals surface area contributed by atoms with Crippen LogP contribution in [-0.4, -0.2) is 38.3 Å². The van der Waals surface area contributed by atoms with Crippen LogP contribution in [0.2, 0.25) is 0 Å². The highest BCUT2D eigenvalue weighted by Gasteiger charge is 2.29. The fourth-order valence-electron chi connectivity index (χ4n) is 4.15. The number of anilines is 1. The lowest BCUT2D eigenvalue weighted by Gasteiger charge is -2.25. The molecule has 9 nitrogen and oxygen atoms in total. The summed E-state index contributed by atoms with van der Waals surface area (Å²) >= 11 is 0. The summed E-state index contributed by atoms with van der Waals surface area (Å²) in [5.74, 6) is -0.0709. The molecule has 0 saturated carbocycles. The molecule has 1 aliphatic carbocycles. The van der Waals surface area contributed by atoms with Gasteiger partial charge in [-0.15, -0.1) is 0 Å². The fourth-order valence-corrected chi connectivity index (χ4v) is 5.21. The summed E-state index contributed by atoms with van der Waals surface area (Å²) in [6, 6.07) is 17.2. The van der Waals surface area contributed by atoms with Crippen molar-refractivity contribution in [3.05, 3.63) is 93.5 Å². The molecule has 0 radical (unpaired) electrons. The molecule has 1 aliphatic rings. The van der Waals surface area contributed by atoms with Gasteiger partial charge in [0, 0.05) is 24.7 Å². The number of benzene rings is 3. The van der Waals surface area contributed by atoms with E-state index in [0.717, 1.165) is 24.5 Å². The molecule has 176 valence electrons. The quantitative estimate of drug-likeness (QED) is 0.400. The number of nitro groups is 1. The number of non-ortho nitro benzene ring substituents is 1. The average Bonchev–Trinajstić information content (AvgIpc) is 3.27. The monoisotopic (exact) mass is 481 g/mol. The van der Waals surface area contributed by atoms with Crippen molar-refractivity contribution in [2.24, 2.45) is 0 Å². The maximum Gasteiger partial charge on any atom is 0.271 e. The average molecular weight is 482 g/mol. The molecule has 0 heterocycles. The second-order valence-corrected chi connectivity index (χ2v) is 9.62. The Labute approximate surface area is 197 Å². The van der Waals surface area contributed by atoms with Gasteiger partial charge in [-0.2, -0.15) is 0 Å². The van der Waals surface area contributed by atoms with Gasteiger partial charge < -0.3 is 9.64 Å². The molecule has 1 unspecified atom stereocenters. The molecular weight excluding hydrogens is 458 g/mol. The molecule has 0 aromatic heterocycles. The summed E-state index contributed by atoms with van der Waals surface area (Å²) < 4.78 is 33.2. The molecule has 3 aromatic carbocycles. The Balaban J connectivity index is 1.54. The highest BCUT2D eigenvalue weighted by atomic mass is 32.2. The second kappa shape index (κ2) is 9.14. The Bertz CT molecular complexity index is 1360. The highest BCUT2D eigenvalue weighted by Crippen LogP contribution is 2.35. The van der Waals surface area contributed by atoms with E-state index in [1.54, 1.807) is 11.9 Å². The van der Waals surface area contributed by atoms with Crippen LogP contribution in [-0.2, 0) is 16.4 Å². The first-order chi connectivity index (χ1) is 16.2. The van der Waals surface area contributed by atoms with Gasteiger partial charge in [-0.05, 0) is 54.3 Å². The number of hydrogen-bond acceptors (Lipinski definition) is 6. The number of sulfonamides is 1. The molecule has 0 spiro atoms. The molecule has 0 bridgehead atoms. The van der Waals surface area contributed by atoms with E-state index in [9.17, 15) is 23.3 Å². The summed E-state index contributed by atoms with van der Waals surface area (Å²) in [5.41, 5.74) is 2.38. The van der Waals surface area contributed by atoms with Crippen LogP contribution in [0.25, 0.3) is 0 Å². The predicted octanol–water partition coefficient (Wildman–Crippen LogP) is 4.16. The molecule has 4 rings (SSSR count). The van der Waals surface area contributed by atoms with Crippen LogP contribution >= 0.6 is 0 Å². The normalized spacial score (nSPS) is 14.8. The number of rotatable bonds is 7. The molecule has 0 fully saturated rings. The predicted molar refractivity (Wildman–Crippen MR) is 126 cm³/mol. The number of carbonyl (C=O) groups excluding carboxylic acids is 1. The van der Waals surface area contributed by atoms with Crippen molar-refractivity contribution in [2.75, 3.05) is 18.9 Å². The summed E-state index contributed by atoms with van der Waals surface area (Å²) in [4.78, 5) is 25.1. The number of amides is 1. The lowest BCUT2D eigenvalue weighted by atomic mass is 10.1. The zero-order chi connectivity index (χ0) is 24.5. The number of nitro benzene ring substituents is 1. The summed E-state index contributed by atoms with van der Waals surface area (Å²) in [6.45, 7) is 0. The maximum atomic E-state index is 13.1. The van der Waals surface area contributed by atoms with Gasteiger partial charge in [-0.3, -0.25) is 19.6 Å². The van der Waals surface area contributed by atoms with Crippen molar-refractivity contribution in [3.8, 4) is 5.75 Å². The Morgan fingerprint density at radius 3 is 2.50 bits per heavy atom. The molecule has 0 aliphatic heterocycles. The Morgan fingerprint density at radius 1 is 1.12 bits per heavy atom. The summed E-state index contributed by atoms with van der Waals surface area (Å²) in [6.07, 6.45) is 1.74. The summed E-state index contributed by atoms with van der Waals surface area (Å²) in [7, 11) is -1.01. The van der Waals surface area contributed by atoms with E-state index in [-0.39, 0.29) is 34.0 Å². The van der Waals surface area contributed by atoms with E-state index >= 15 is 0 Å². The lowest BCUT2D eigenvalue weighted by Crippen LogP contribution is -2.30. The first-order valence-electron chi connectivity index (χ1n) is 10.5. The van der Waals surface area contributed by atoms with Crippen molar-refractivity contribution in [2.45, 2.75) is 23.8 Å². The van der Waals surface area contributed by atoms with Crippen LogP contribution in [0.15, 0.2) is 71.6 Å². The summed E-state index contributed by atoms with van der Waals surface area (Å²) in [5, 5.41) is 11.1. The highest BCUT2D eigenvalue weighted by molar-refractivity contribution is 7.92. The van der Waals surface area contributed by atoms with E-state index in [1.807, 2.05) is 18.2 Å². The SMILES string of the molecule is COc1ccc([N+](=O)[O-])cc1NS(=O)(=O)c1ccc(C(=O)N(C)C2CCc3ccccc32)cc1. The van der Waals surface area contributed by atoms with Crippen molar-refractivity contribution >= 4 is 27.3 Å². The third kappa shape index (κ3) is 4.44. The number of aryl methyl sites for hydroxylation is 1. The minimum Gasteiger partial charge on any atom is -0.495 e. The number of carbonyl (C=O) groups is 1. The Morgan fingerprint density at radius 2 is 1.82 bits per heavy atom. The number of nitrogens with one attached hydrogen (secondary N) is 1. The third-order valence-electron chi connectivity index (χ3n) is 5.94. The van der Waals surface area contributed by atoms with Gasteiger partial charge in [0.25, 0.3) is 21.6 Å². The van der Waals surface area contributed by atoms with Crippen molar-refractivity contribution < 1.29 is 22.9 Å². The molecule has 1 atom stereocenters. The lowest BCUT2D eigenvalue weighted by molar-refractivity contribution is -0.384. The number of fused-ring (bicyclic) bond motifs is 1. The van der Waals surface area contributed by atoms with Gasteiger partial charge in [0.2, 0.25) is 0 Å². The molecule has 1 amide bonds. The molecule has 1 N–H and O–H groups in total. The van der Waals surface area contributed by atoms with Gasteiger partial charge in [0.15, 0.2) is 0 Å². The van der Waals surface area contributed by atoms with Crippen LogP contribution in [0, 0.1) is 10.1 Å². The number of methoxy groups -OCH3 is 1. The number of hydrogen-bond donors (Lipinski definition) is 1. The zero-order valence-corrected chi connectivity index (χ0v) is 19.4. The van der Waals surface area contributed by atoms with Crippen LogP contribution in [0.4, 0.5) is 11.4 Å². The minimum atomic E-state index is -4.08. The van der Waals surface area contributed by atoms with Gasteiger partial charge in [-0.25, -0.2) is 8.42 Å². The third-order valence-corrected chi connectivity index (χ3v) is 7.32. The van der Waals surface area contributed by atoms with Crippen LogP contribution in [0.5, 0.6) is 5.75 Å². The van der Waals surface area contributed by atoms with Gasteiger partial charge in [0.05, 0.1) is 28.7 Å². The zero-order valence-electron chi connectivity index (χ0n) is 18.6. The van der Waals surface area contributed by atoms with Crippen molar-refractivity contribution in [1.82, 2.24) is 4.90 Å². The standard InChI is InChI=1S/C24H23N3O6S/c1-26(22-13-9-16-5-3-4-6-20(16)22)24(28)17-7-11-19(12-8-17)34(31,32)25-21-15-18(27(29)30)10-14-23(21)33-2/h3-8,10-12,14-15,22,25H,9,13H2,1-2H3. The molecule has 0 saturated heterocycles. The van der Waals surface area contributed by atoms with Gasteiger partial charge in [-0.1, -0.05) is 24.3 Å². The van der Waals surface area contributed by atoms with Crippen molar-refractivity contribution in [1.29, 1.82) is 0 Å². The maximum absolute atomic E-state index is 13.1. The van der Waals surface area contributed by atoms with Crippen molar-refractivity contribution in [3.63, 3.8) is 0 Å². The smallest absolute Gasteiger partial charge is 0.271 e. The first-order valence-corrected chi connectivity index (χ1v) is 12.0. The first kappa shape index (κ1) is 23.2. The van der Waals surface area contributed by atoms with Gasteiger partial charge >= 0.3 is 0 Å². The second-order valence-electron chi connectivity index (χ2n) is 7.94. The van der Waals surface area contributed by atoms with Crippen LogP contribution < -0.4 is 9.46 Å². The Hall–Kier alpha value is -3.92. The van der Waals surface area contributed by atoms with E-state index in [4.69, 9.17) is 4.74 Å². The number of ether oxygens (including phenoxy) is 1. The Kier molecular flexibility index (Phi) is 6.25. The fraction of sp³-hybridized carbons (Fsp3) is 0.208. The molecule has 10 heteroatoms. The minimum absolute atomic E-state index is 0.0323. The molecule has 3 aromatic rings. The number of nitrogens with zero attached hydrogens (tertiary/aromatic N) is 2. The van der Waals surface area contributed by atoms with E-state index < -0.39 is 14.9 Å². The van der Waals surface area contributed by atoms with Crippen LogP contribution in [0.3, 0.4) is 0 Å². The van der Waals surface area contributed by atoms with E-state index in [0.29, 0.717) is 5.56 Å².